The number of nitrogens with one attached hydrogen (secondary N) is 4. The molecule has 1 rings (SSSR count). The molecule has 85 heavy (non-hydrogen) atoms. The molecule has 0 bridgehead atoms. The second kappa shape index (κ2) is 34.9. The van der Waals surface area contributed by atoms with Crippen LogP contribution in [0.1, 0.15) is 156 Å². The van der Waals surface area contributed by atoms with Crippen molar-refractivity contribution in [3.8, 4) is 0 Å². The quantitative estimate of drug-likeness (QED) is 0.148. The van der Waals surface area contributed by atoms with E-state index >= 15 is 9.59 Å². The lowest BCUT2D eigenvalue weighted by molar-refractivity contribution is -0.157. The van der Waals surface area contributed by atoms with E-state index in [0.29, 0.717) is 6.42 Å². The first-order valence-electron chi connectivity index (χ1n) is 30.6. The summed E-state index contributed by atoms with van der Waals surface area (Å²) in [5.41, 5.74) is 0. The number of nitrogens with zero attached hydrogens (tertiary/aromatic N) is 7. The summed E-state index contributed by atoms with van der Waals surface area (Å²) < 4.78 is 0. The lowest BCUT2D eigenvalue weighted by Crippen LogP contribution is -2.63. The zero-order chi connectivity index (χ0) is 66.0. The highest BCUT2D eigenvalue weighted by Crippen LogP contribution is 2.26. The Morgan fingerprint density at radius 1 is 0.459 bits per heavy atom. The maximum Gasteiger partial charge on any atom is 0.246 e. The number of hydrogen-bond acceptors (Lipinski definition) is 12. The van der Waals surface area contributed by atoms with E-state index in [0.717, 1.165) is 9.80 Å². The van der Waals surface area contributed by atoms with Gasteiger partial charge >= 0.3 is 0 Å². The van der Waals surface area contributed by atoms with Crippen LogP contribution in [0.5, 0.6) is 0 Å². The molecule has 5 N–H and O–H groups in total. The van der Waals surface area contributed by atoms with E-state index in [1.807, 2.05) is 61.5 Å². The lowest BCUT2D eigenvalue weighted by Gasteiger charge is -2.41. The Hall–Kier alpha value is -6.13. The summed E-state index contributed by atoms with van der Waals surface area (Å²) in [5.74, 6) is -9.71. The largest absolute Gasteiger partial charge is 0.390 e. The van der Waals surface area contributed by atoms with Gasteiger partial charge in [0.1, 0.15) is 60.4 Å². The Labute approximate surface area is 508 Å². The third-order valence-electron chi connectivity index (χ3n) is 16.1. The fourth-order valence-electron chi connectivity index (χ4n) is 10.7. The summed E-state index contributed by atoms with van der Waals surface area (Å²) in [5, 5.41) is 23.1. The van der Waals surface area contributed by atoms with Gasteiger partial charge in [0.05, 0.1) is 12.6 Å². The van der Waals surface area contributed by atoms with Crippen molar-refractivity contribution in [3.63, 3.8) is 0 Å². The molecule has 0 aromatic heterocycles. The van der Waals surface area contributed by atoms with Crippen molar-refractivity contribution in [3.05, 3.63) is 12.2 Å². The van der Waals surface area contributed by atoms with Crippen LogP contribution in [0.2, 0.25) is 0 Å². The summed E-state index contributed by atoms with van der Waals surface area (Å²) in [6, 6.07) is -12.3. The molecule has 0 aliphatic carbocycles. The van der Waals surface area contributed by atoms with Crippen LogP contribution in [0.25, 0.3) is 0 Å². The monoisotopic (exact) mass is 1200 g/mol. The van der Waals surface area contributed by atoms with Gasteiger partial charge in [-0.3, -0.25) is 52.7 Å². The van der Waals surface area contributed by atoms with Crippen LogP contribution in [0.3, 0.4) is 0 Å². The van der Waals surface area contributed by atoms with Gasteiger partial charge in [-0.05, 0) is 101 Å². The van der Waals surface area contributed by atoms with E-state index in [-0.39, 0.29) is 55.8 Å². The van der Waals surface area contributed by atoms with Crippen molar-refractivity contribution in [1.82, 2.24) is 55.6 Å². The molecule has 11 amide bonds. The Morgan fingerprint density at radius 3 is 1.32 bits per heavy atom. The number of aliphatic hydroxyl groups excluding tert-OH is 1. The predicted molar refractivity (Wildman–Crippen MR) is 328 cm³/mol. The van der Waals surface area contributed by atoms with Crippen LogP contribution in [0, 0.1) is 41.4 Å². The zero-order valence-corrected chi connectivity index (χ0v) is 56.1. The number of rotatable bonds is 15. The maximum absolute atomic E-state index is 15.1. The number of hydrogen-bond donors (Lipinski definition) is 5. The van der Waals surface area contributed by atoms with Gasteiger partial charge in [0.25, 0.3) is 0 Å². The number of allylic oxidation sites excluding steroid dienone is 2. The smallest absolute Gasteiger partial charge is 0.246 e. The van der Waals surface area contributed by atoms with Crippen molar-refractivity contribution in [2.75, 3.05) is 55.9 Å². The third-order valence-corrected chi connectivity index (χ3v) is 16.1. The predicted octanol–water partition coefficient (Wildman–Crippen LogP) is 3.27. The molecule has 1 heterocycles. The number of carbonyl (C=O) groups excluding carboxylic acids is 11. The number of aliphatic hydroxyl groups is 1. The molecule has 23 nitrogen and oxygen atoms in total. The van der Waals surface area contributed by atoms with Gasteiger partial charge in [0.2, 0.25) is 65.0 Å². The topological polar surface area (TPSA) is 279 Å². The van der Waals surface area contributed by atoms with Gasteiger partial charge in [0.15, 0.2) is 0 Å². The number of carbonyl (C=O) groups is 11. The molecule has 0 radical (unpaired) electrons. The highest BCUT2D eigenvalue weighted by atomic mass is 16.3. The van der Waals surface area contributed by atoms with Crippen LogP contribution >= 0.6 is 0 Å². The van der Waals surface area contributed by atoms with E-state index < -0.39 is 156 Å². The molecule has 1 aliphatic rings. The second-order valence-electron chi connectivity index (χ2n) is 26.1. The van der Waals surface area contributed by atoms with E-state index in [1.54, 1.807) is 54.5 Å². The summed E-state index contributed by atoms with van der Waals surface area (Å²) in [6.07, 6.45) is 3.04. The Morgan fingerprint density at radius 2 is 0.871 bits per heavy atom. The third kappa shape index (κ3) is 21.7. The van der Waals surface area contributed by atoms with Crippen LogP contribution in [-0.4, -0.2) is 227 Å². The Kier molecular flexibility index (Phi) is 31.5. The van der Waals surface area contributed by atoms with Gasteiger partial charge in [-0.15, -0.1) is 0 Å². The van der Waals surface area contributed by atoms with Crippen molar-refractivity contribution in [2.45, 2.75) is 223 Å². The van der Waals surface area contributed by atoms with E-state index in [1.165, 1.54) is 87.7 Å². The summed E-state index contributed by atoms with van der Waals surface area (Å²) in [4.78, 5) is 169. The lowest BCUT2D eigenvalue weighted by atomic mass is 9.91. The highest BCUT2D eigenvalue weighted by Gasteiger charge is 2.45. The normalized spacial score (nSPS) is 26.9. The molecule has 1 fully saturated rings. The average molecular weight is 1200 g/mol. The summed E-state index contributed by atoms with van der Waals surface area (Å²) >= 11 is 0. The molecule has 1 saturated heterocycles. The molecular formula is C62H111N11O12. The van der Waals surface area contributed by atoms with Crippen molar-refractivity contribution < 1.29 is 57.8 Å². The summed E-state index contributed by atoms with van der Waals surface area (Å²) in [7, 11) is 9.92. The first-order valence-corrected chi connectivity index (χ1v) is 30.6. The summed E-state index contributed by atoms with van der Waals surface area (Å²) in [6.45, 7) is 29.3. The average Bonchev–Trinajstić information content (AvgIpc) is 3.62. The van der Waals surface area contributed by atoms with Crippen LogP contribution in [-0.2, 0) is 52.7 Å². The SMILES string of the molecule is C/C=C/C[C@@H](C)C(O)[C@H]1C(=O)N[C@@H](CC)C(=O)N(C)CC(=O)N(C)[C@@H](CC(C)C)C(=O)NC(C(C)C)C(=O)N(C)C(CC(C)C)C(=O)N[C@@H](C)C(=O)N[C@H](C)C(=O)N(C)[C@@H](CC(C)C)C(=O)N(C)C(CC(C)C)C(=O)N(C)C(C(C)C)C(=O)N1C. The fraction of sp³-hybridized carbons (Fsp3) is 0.790. The molecule has 0 aromatic carbocycles. The minimum absolute atomic E-state index is 0.0229. The van der Waals surface area contributed by atoms with Crippen LogP contribution < -0.4 is 21.3 Å². The molecule has 0 aromatic rings. The van der Waals surface area contributed by atoms with Gasteiger partial charge in [0, 0.05) is 49.3 Å². The van der Waals surface area contributed by atoms with Gasteiger partial charge < -0.3 is 60.7 Å². The minimum atomic E-state index is -1.61. The number of amides is 11. The fourth-order valence-corrected chi connectivity index (χ4v) is 10.7. The first-order chi connectivity index (χ1) is 39.2. The highest BCUT2D eigenvalue weighted by molar-refractivity contribution is 5.99. The van der Waals surface area contributed by atoms with Crippen LogP contribution in [0.4, 0.5) is 0 Å². The minimum Gasteiger partial charge on any atom is -0.390 e. The van der Waals surface area contributed by atoms with E-state index in [9.17, 15) is 48.3 Å². The molecule has 1 aliphatic heterocycles. The molecule has 0 saturated carbocycles. The standard InChI is InChI=1S/C62H111N11O12/c1-25-27-28-40(15)52(75)51-56(79)65-43(26-2)58(81)67(18)33-48(74)68(19)44(29-34(3)4)55(78)66-49(38(11)12)61(84)69(20)45(30-35(5)6)54(77)63-41(16)53(76)64-42(17)57(80)70(21)46(31-36(7)8)59(82)71(22)47(32-37(9)10)60(83)72(23)50(39(13)14)62(85)73(51)24/h25,27,34-47,49-52,75H,26,28-33H2,1-24H3,(H,63,77)(H,64,76)(H,65,79)(H,66,78)/b27-25+/t40-,41+,42-,43+,44+,45?,46+,47?,49?,50?,51+,52?/m1/s1. The maximum atomic E-state index is 15.1. The molecule has 23 heteroatoms. The van der Waals surface area contributed by atoms with E-state index in [4.69, 9.17) is 0 Å². The molecule has 12 atom stereocenters. The van der Waals surface area contributed by atoms with Gasteiger partial charge in [-0.1, -0.05) is 109 Å². The zero-order valence-electron chi connectivity index (χ0n) is 56.1. The van der Waals surface area contributed by atoms with E-state index in [2.05, 4.69) is 21.3 Å². The van der Waals surface area contributed by atoms with Gasteiger partial charge in [-0.2, -0.15) is 0 Å². The number of likely N-dealkylation sites (N-methyl/N-ethyl adjacent to an activating group) is 7. The van der Waals surface area contributed by atoms with Crippen molar-refractivity contribution in [1.29, 1.82) is 0 Å². The second-order valence-corrected chi connectivity index (χ2v) is 26.1. The van der Waals surface area contributed by atoms with Crippen LogP contribution in [0.15, 0.2) is 12.2 Å². The Bertz CT molecular complexity index is 2330. The van der Waals surface area contributed by atoms with Gasteiger partial charge in [-0.25, -0.2) is 0 Å². The molecule has 5 unspecified atom stereocenters. The van der Waals surface area contributed by atoms with Crippen molar-refractivity contribution >= 4 is 65.0 Å². The molecule has 0 spiro atoms. The van der Waals surface area contributed by atoms with Crippen molar-refractivity contribution in [2.24, 2.45) is 41.4 Å². The first kappa shape index (κ1) is 76.9. The molecule has 486 valence electrons. The molecular weight excluding hydrogens is 1090 g/mol. The Balaban J connectivity index is 4.32.